The molecule has 2 aromatic rings. The number of rotatable bonds is 4. The van der Waals surface area contributed by atoms with Crippen LogP contribution >= 0.6 is 0 Å². The number of nitriles is 2. The Balaban J connectivity index is -0.000000504. The number of nitrogens with zero attached hydrogens (tertiary/aromatic N) is 2. The molecule has 0 saturated heterocycles. The van der Waals surface area contributed by atoms with Crippen molar-refractivity contribution in [3.05, 3.63) is 92.4 Å². The van der Waals surface area contributed by atoms with Crippen molar-refractivity contribution in [2.75, 3.05) is 0 Å². The van der Waals surface area contributed by atoms with Gasteiger partial charge in [0.25, 0.3) is 0 Å². The maximum absolute atomic E-state index is 7.92. The van der Waals surface area contributed by atoms with Crippen molar-refractivity contribution in [2.45, 2.75) is 69.2 Å². The van der Waals surface area contributed by atoms with Gasteiger partial charge in [-0.3, -0.25) is 0 Å². The molecule has 0 aliphatic rings. The van der Waals surface area contributed by atoms with E-state index in [1.165, 1.54) is 25.0 Å². The molecule has 0 unspecified atom stereocenters. The fraction of sp³-hybridized carbons (Fsp3) is 0.333. The molecule has 7 heteroatoms. The minimum absolute atomic E-state index is 0. The van der Waals surface area contributed by atoms with Gasteiger partial charge in [-0.15, -0.1) is 11.4 Å². The molecule has 0 bridgehead atoms. The summed E-state index contributed by atoms with van der Waals surface area (Å²) >= 11 is 0. The molecule has 0 aromatic heterocycles. The van der Waals surface area contributed by atoms with E-state index in [2.05, 4.69) is 38.1 Å². The molecular formula is C30H40CoN6. The summed E-state index contributed by atoms with van der Waals surface area (Å²) < 4.78 is 0. The second kappa shape index (κ2) is 19.5. The normalized spacial score (nSPS) is 9.84. The van der Waals surface area contributed by atoms with Gasteiger partial charge in [-0.1, -0.05) is 47.5 Å². The third kappa shape index (κ3) is 15.1. The molecule has 0 spiro atoms. The fourth-order valence-corrected chi connectivity index (χ4v) is 3.79. The zero-order valence-corrected chi connectivity index (χ0v) is 24.7. The maximum Gasteiger partial charge on any atom is 2.00 e. The molecule has 6 nitrogen and oxygen atoms in total. The van der Waals surface area contributed by atoms with E-state index < -0.39 is 0 Å². The minimum Gasteiger partial charge on any atom is -0.698 e. The molecule has 0 saturated carbocycles. The maximum atomic E-state index is 7.92. The van der Waals surface area contributed by atoms with Gasteiger partial charge < -0.3 is 22.3 Å². The van der Waals surface area contributed by atoms with Crippen molar-refractivity contribution in [3.8, 4) is 12.1 Å². The first-order valence-electron chi connectivity index (χ1n) is 11.4. The van der Waals surface area contributed by atoms with Crippen molar-refractivity contribution >= 4 is 22.8 Å². The van der Waals surface area contributed by atoms with E-state index in [9.17, 15) is 0 Å². The molecule has 0 heterocycles. The zero-order valence-electron chi connectivity index (χ0n) is 23.7. The molecule has 2 rings (SSSR count). The van der Waals surface area contributed by atoms with E-state index in [1.807, 2.05) is 27.7 Å². The quantitative estimate of drug-likeness (QED) is 0.371. The summed E-state index contributed by atoms with van der Waals surface area (Å²) in [5.74, 6) is 0. The Morgan fingerprint density at radius 2 is 0.838 bits per heavy atom. The van der Waals surface area contributed by atoms with E-state index in [0.29, 0.717) is 22.8 Å². The Bertz CT molecular complexity index is 1070. The van der Waals surface area contributed by atoms with Crippen LogP contribution in [0.2, 0.25) is 0 Å². The number of allylic oxidation sites excluding steroid dienone is 2. The number of hydrogen-bond donors (Lipinski definition) is 2. The summed E-state index contributed by atoms with van der Waals surface area (Å²) in [5, 5.41) is 29.4. The smallest absolute Gasteiger partial charge is 0.698 e. The van der Waals surface area contributed by atoms with Gasteiger partial charge in [0.15, 0.2) is 0 Å². The first-order chi connectivity index (χ1) is 16.7. The third-order valence-corrected chi connectivity index (χ3v) is 4.61. The average Bonchev–Trinajstić information content (AvgIpc) is 2.66. The molecular weight excluding hydrogens is 503 g/mol. The molecule has 4 N–H and O–H groups in total. The predicted octanol–water partition coefficient (Wildman–Crippen LogP) is 9.15. The molecule has 0 aliphatic carbocycles. The van der Waals surface area contributed by atoms with Crippen LogP contribution in [0.15, 0.2) is 36.4 Å². The standard InChI is InChI=1S/2C13H17N2.2C2H3N.Co/c2*1-8-5-9(2)13(10(3)6-8)12(15)7-11(4)14;2*1-2-3;/h2*5-7,14-15H,1-4H3;2*1H3;/q2*-1;;;+2/b2*12-7-,14-11?;;;. The SMILES string of the molecule is CC#N.CC#N.CC(=N)/C=C(\[NH-])c1c(C)cc(C)cc1C.CC(=N)/C=C(\[NH-])c1c(C)cc(C)cc1C.[Co+2]. The Labute approximate surface area is 234 Å². The fourth-order valence-electron chi connectivity index (χ4n) is 3.79. The molecule has 1 radical (unpaired) electrons. The molecule has 0 fully saturated rings. The van der Waals surface area contributed by atoms with Gasteiger partial charge in [-0.2, -0.15) is 10.5 Å². The van der Waals surface area contributed by atoms with Gasteiger partial charge in [0.2, 0.25) is 0 Å². The summed E-state index contributed by atoms with van der Waals surface area (Å²) in [6.07, 6.45) is 3.18. The van der Waals surface area contributed by atoms with Gasteiger partial charge in [0.1, 0.15) is 0 Å². The number of nitrogens with one attached hydrogen (secondary N) is 4. The van der Waals surface area contributed by atoms with Crippen LogP contribution in [-0.4, -0.2) is 11.4 Å². The topological polar surface area (TPSA) is 143 Å². The summed E-state index contributed by atoms with van der Waals surface area (Å²) in [7, 11) is 0. The van der Waals surface area contributed by atoms with Crippen molar-refractivity contribution in [3.63, 3.8) is 0 Å². The second-order valence-corrected chi connectivity index (χ2v) is 8.48. The molecule has 37 heavy (non-hydrogen) atoms. The van der Waals surface area contributed by atoms with Crippen LogP contribution in [0.3, 0.4) is 0 Å². The molecule has 2 aromatic carbocycles. The molecule has 199 valence electrons. The molecule has 0 amide bonds. The monoisotopic (exact) mass is 543 g/mol. The van der Waals surface area contributed by atoms with E-state index in [4.69, 9.17) is 32.8 Å². The number of aryl methyl sites for hydroxylation is 6. The predicted molar refractivity (Wildman–Crippen MR) is 155 cm³/mol. The van der Waals surface area contributed by atoms with Crippen molar-refractivity contribution in [2.24, 2.45) is 0 Å². The van der Waals surface area contributed by atoms with Gasteiger partial charge >= 0.3 is 16.8 Å². The summed E-state index contributed by atoms with van der Waals surface area (Å²) in [4.78, 5) is 0. The van der Waals surface area contributed by atoms with E-state index in [-0.39, 0.29) is 16.8 Å². The number of benzene rings is 2. The number of hydrogen-bond acceptors (Lipinski definition) is 4. The first-order valence-corrected chi connectivity index (χ1v) is 11.4. The second-order valence-electron chi connectivity index (χ2n) is 8.48. The Kier molecular flexibility index (Phi) is 20.0. The van der Waals surface area contributed by atoms with Crippen LogP contribution in [0.25, 0.3) is 22.9 Å². The van der Waals surface area contributed by atoms with Crippen LogP contribution in [0.5, 0.6) is 0 Å². The van der Waals surface area contributed by atoms with E-state index in [0.717, 1.165) is 33.4 Å². The Morgan fingerprint density at radius 1 is 0.649 bits per heavy atom. The van der Waals surface area contributed by atoms with Gasteiger partial charge in [-0.05, 0) is 88.8 Å². The van der Waals surface area contributed by atoms with E-state index in [1.54, 1.807) is 38.1 Å². The van der Waals surface area contributed by atoms with Crippen LogP contribution < -0.4 is 0 Å². The third-order valence-electron chi connectivity index (χ3n) is 4.61. The Morgan fingerprint density at radius 3 is 1.00 bits per heavy atom. The zero-order chi connectivity index (χ0) is 28.6. The van der Waals surface area contributed by atoms with Crippen LogP contribution in [0.4, 0.5) is 0 Å². The summed E-state index contributed by atoms with van der Waals surface area (Å²) in [5.41, 5.74) is 26.3. The largest absolute Gasteiger partial charge is 2.00 e. The first kappa shape index (κ1) is 37.9. The summed E-state index contributed by atoms with van der Waals surface area (Å²) in [6, 6.07) is 11.8. The Hall–Kier alpha value is -3.65. The molecule has 0 atom stereocenters. The van der Waals surface area contributed by atoms with Crippen LogP contribution in [0.1, 0.15) is 72.2 Å². The summed E-state index contributed by atoms with van der Waals surface area (Å²) in [6.45, 7) is 18.4. The van der Waals surface area contributed by atoms with Gasteiger partial charge in [-0.25, -0.2) is 0 Å². The van der Waals surface area contributed by atoms with Gasteiger partial charge in [0, 0.05) is 25.3 Å². The van der Waals surface area contributed by atoms with Crippen molar-refractivity contribution in [1.29, 1.82) is 21.3 Å². The molecule has 0 aliphatic heterocycles. The van der Waals surface area contributed by atoms with Crippen LogP contribution in [0, 0.1) is 75.0 Å². The minimum atomic E-state index is 0. The average molecular weight is 544 g/mol. The van der Waals surface area contributed by atoms with Gasteiger partial charge in [0.05, 0.1) is 12.1 Å². The van der Waals surface area contributed by atoms with Crippen molar-refractivity contribution in [1.82, 2.24) is 0 Å². The van der Waals surface area contributed by atoms with E-state index >= 15 is 0 Å². The van der Waals surface area contributed by atoms with Crippen LogP contribution in [-0.2, 0) is 16.8 Å². The van der Waals surface area contributed by atoms with Crippen molar-refractivity contribution < 1.29 is 16.8 Å².